The fourth-order valence-corrected chi connectivity index (χ4v) is 4.70. The van der Waals surface area contributed by atoms with Crippen molar-refractivity contribution in [3.05, 3.63) is 54.1 Å². The maximum Gasteiger partial charge on any atom is 0.262 e. The van der Waals surface area contributed by atoms with E-state index in [1.54, 1.807) is 36.4 Å². The van der Waals surface area contributed by atoms with Gasteiger partial charge in [-0.05, 0) is 60.7 Å². The van der Waals surface area contributed by atoms with Crippen LogP contribution in [0.15, 0.2) is 53.4 Å². The fourth-order valence-electron chi connectivity index (χ4n) is 3.23. The van der Waals surface area contributed by atoms with E-state index in [2.05, 4.69) is 18.3 Å². The van der Waals surface area contributed by atoms with Crippen molar-refractivity contribution in [2.45, 2.75) is 31.1 Å². The van der Waals surface area contributed by atoms with Gasteiger partial charge in [-0.25, -0.2) is 8.42 Å². The highest BCUT2D eigenvalue weighted by molar-refractivity contribution is 7.89. The predicted molar refractivity (Wildman–Crippen MR) is 113 cm³/mol. The zero-order valence-corrected chi connectivity index (χ0v) is 17.7. The zero-order chi connectivity index (χ0) is 21.6. The molecule has 0 spiro atoms. The molecule has 1 amide bonds. The summed E-state index contributed by atoms with van der Waals surface area (Å²) in [6.45, 7) is 3.03. The second kappa shape index (κ2) is 9.74. The summed E-state index contributed by atoms with van der Waals surface area (Å²) < 4.78 is 32.5. The van der Waals surface area contributed by atoms with E-state index in [1.807, 2.05) is 0 Å². The molecule has 0 bridgehead atoms. The molecule has 1 N–H and O–H groups in total. The van der Waals surface area contributed by atoms with E-state index in [1.165, 1.54) is 16.4 Å². The van der Waals surface area contributed by atoms with Crippen LogP contribution in [0.1, 0.15) is 25.3 Å². The Labute approximate surface area is 177 Å². The summed E-state index contributed by atoms with van der Waals surface area (Å²) in [7, 11) is -3.51. The van der Waals surface area contributed by atoms with Crippen LogP contribution in [0.5, 0.6) is 5.75 Å². The minimum atomic E-state index is -3.51. The molecular weight excluding hydrogens is 402 g/mol. The standard InChI is InChI=1S/C22H25N3O4S/c1-17-11-14-25(15-12-17)30(27,28)21-8-4-19(5-9-21)24-22(26)16-29-20-6-2-18(3-7-20)10-13-23/h2-9,17H,10-12,14-16H2,1H3,(H,24,26). The van der Waals surface area contributed by atoms with E-state index in [-0.39, 0.29) is 17.4 Å². The number of sulfonamides is 1. The summed E-state index contributed by atoms with van der Waals surface area (Å²) in [5.41, 5.74) is 1.38. The Hall–Kier alpha value is -2.89. The molecule has 1 heterocycles. The molecule has 8 heteroatoms. The Balaban J connectivity index is 1.53. The first-order valence-electron chi connectivity index (χ1n) is 9.87. The van der Waals surface area contributed by atoms with Crippen molar-refractivity contribution in [3.63, 3.8) is 0 Å². The van der Waals surface area contributed by atoms with Gasteiger partial charge in [0.15, 0.2) is 6.61 Å². The average molecular weight is 428 g/mol. The van der Waals surface area contributed by atoms with Crippen molar-refractivity contribution in [3.8, 4) is 11.8 Å². The minimum Gasteiger partial charge on any atom is -0.484 e. The molecule has 0 aliphatic carbocycles. The molecular formula is C22H25N3O4S. The van der Waals surface area contributed by atoms with Crippen molar-refractivity contribution >= 4 is 21.6 Å². The van der Waals surface area contributed by atoms with Crippen LogP contribution in [0, 0.1) is 17.2 Å². The second-order valence-corrected chi connectivity index (χ2v) is 9.36. The van der Waals surface area contributed by atoms with Crippen molar-refractivity contribution in [2.75, 3.05) is 25.0 Å². The molecule has 2 aromatic carbocycles. The number of nitrogens with zero attached hydrogens (tertiary/aromatic N) is 2. The lowest BCUT2D eigenvalue weighted by Gasteiger charge is -2.29. The fraction of sp³-hybridized carbons (Fsp3) is 0.364. The van der Waals surface area contributed by atoms with Gasteiger partial charge in [-0.2, -0.15) is 9.57 Å². The Kier molecular flexibility index (Phi) is 7.08. The van der Waals surface area contributed by atoms with Gasteiger partial charge < -0.3 is 10.1 Å². The summed E-state index contributed by atoms with van der Waals surface area (Å²) in [6.07, 6.45) is 2.06. The predicted octanol–water partition coefficient (Wildman–Crippen LogP) is 3.19. The highest BCUT2D eigenvalue weighted by atomic mass is 32.2. The first-order chi connectivity index (χ1) is 14.4. The lowest BCUT2D eigenvalue weighted by atomic mass is 10.0. The summed E-state index contributed by atoms with van der Waals surface area (Å²) in [4.78, 5) is 12.3. The number of carbonyl (C=O) groups excluding carboxylic acids is 1. The van der Waals surface area contributed by atoms with Gasteiger partial charge in [0.2, 0.25) is 10.0 Å². The molecule has 158 valence electrons. The topological polar surface area (TPSA) is 99.5 Å². The van der Waals surface area contributed by atoms with Crippen molar-refractivity contribution in [1.29, 1.82) is 5.26 Å². The molecule has 1 aliphatic rings. The largest absolute Gasteiger partial charge is 0.484 e. The van der Waals surface area contributed by atoms with Crippen LogP contribution in [0.4, 0.5) is 5.69 Å². The Bertz CT molecular complexity index is 1000. The van der Waals surface area contributed by atoms with E-state index < -0.39 is 10.0 Å². The molecule has 3 rings (SSSR count). The quantitative estimate of drug-likeness (QED) is 0.732. The van der Waals surface area contributed by atoms with E-state index in [0.29, 0.717) is 36.9 Å². The maximum atomic E-state index is 12.8. The molecule has 1 fully saturated rings. The lowest BCUT2D eigenvalue weighted by molar-refractivity contribution is -0.118. The summed E-state index contributed by atoms with van der Waals surface area (Å²) in [5, 5.41) is 11.4. The number of hydrogen-bond acceptors (Lipinski definition) is 5. The lowest BCUT2D eigenvalue weighted by Crippen LogP contribution is -2.37. The minimum absolute atomic E-state index is 0.177. The third kappa shape index (κ3) is 5.59. The molecule has 0 unspecified atom stereocenters. The van der Waals surface area contributed by atoms with Crippen LogP contribution < -0.4 is 10.1 Å². The van der Waals surface area contributed by atoms with Crippen molar-refractivity contribution in [2.24, 2.45) is 5.92 Å². The van der Waals surface area contributed by atoms with Gasteiger partial charge in [-0.15, -0.1) is 0 Å². The number of anilines is 1. The van der Waals surface area contributed by atoms with Gasteiger partial charge in [0.1, 0.15) is 5.75 Å². The van der Waals surface area contributed by atoms with E-state index in [9.17, 15) is 13.2 Å². The molecule has 7 nitrogen and oxygen atoms in total. The molecule has 0 aromatic heterocycles. The van der Waals surface area contributed by atoms with E-state index in [4.69, 9.17) is 10.00 Å². The first-order valence-corrected chi connectivity index (χ1v) is 11.3. The average Bonchev–Trinajstić information content (AvgIpc) is 2.74. The highest BCUT2D eigenvalue weighted by Gasteiger charge is 2.27. The number of amides is 1. The number of ether oxygens (including phenoxy) is 1. The molecule has 1 saturated heterocycles. The number of hydrogen-bond donors (Lipinski definition) is 1. The highest BCUT2D eigenvalue weighted by Crippen LogP contribution is 2.24. The van der Waals surface area contributed by atoms with Crippen LogP contribution in [0.2, 0.25) is 0 Å². The number of carbonyl (C=O) groups is 1. The number of benzene rings is 2. The van der Waals surface area contributed by atoms with Gasteiger partial charge in [-0.3, -0.25) is 4.79 Å². The van der Waals surface area contributed by atoms with Crippen LogP contribution in [0.3, 0.4) is 0 Å². The molecule has 2 aromatic rings. The van der Waals surface area contributed by atoms with Crippen molar-refractivity contribution in [1.82, 2.24) is 4.31 Å². The SMILES string of the molecule is CC1CCN(S(=O)(=O)c2ccc(NC(=O)COc3ccc(CC#N)cc3)cc2)CC1. The summed E-state index contributed by atoms with van der Waals surface area (Å²) >= 11 is 0. The van der Waals surface area contributed by atoms with Gasteiger partial charge in [0, 0.05) is 18.8 Å². The van der Waals surface area contributed by atoms with Gasteiger partial charge in [0.05, 0.1) is 17.4 Å². The smallest absolute Gasteiger partial charge is 0.262 e. The van der Waals surface area contributed by atoms with E-state index >= 15 is 0 Å². The van der Waals surface area contributed by atoms with Gasteiger partial charge >= 0.3 is 0 Å². The number of rotatable bonds is 7. The van der Waals surface area contributed by atoms with Crippen LogP contribution in [-0.4, -0.2) is 38.3 Å². The summed E-state index contributed by atoms with van der Waals surface area (Å²) in [6, 6.07) is 15.2. The molecule has 0 saturated carbocycles. The number of nitrogens with one attached hydrogen (secondary N) is 1. The normalized spacial score (nSPS) is 15.3. The Morgan fingerprint density at radius 3 is 2.37 bits per heavy atom. The number of nitriles is 1. The zero-order valence-electron chi connectivity index (χ0n) is 16.9. The second-order valence-electron chi connectivity index (χ2n) is 7.43. The summed E-state index contributed by atoms with van der Waals surface area (Å²) in [5.74, 6) is 0.729. The first kappa shape index (κ1) is 21.8. The third-order valence-electron chi connectivity index (χ3n) is 5.09. The molecule has 0 atom stereocenters. The van der Waals surface area contributed by atoms with Gasteiger partial charge in [-0.1, -0.05) is 19.1 Å². The van der Waals surface area contributed by atoms with Gasteiger partial charge in [0.25, 0.3) is 5.91 Å². The molecule has 1 aliphatic heterocycles. The van der Waals surface area contributed by atoms with Crippen LogP contribution in [-0.2, 0) is 21.2 Å². The van der Waals surface area contributed by atoms with E-state index in [0.717, 1.165) is 18.4 Å². The third-order valence-corrected chi connectivity index (χ3v) is 7.01. The monoisotopic (exact) mass is 427 g/mol. The molecule has 30 heavy (non-hydrogen) atoms. The van der Waals surface area contributed by atoms with Crippen LogP contribution >= 0.6 is 0 Å². The maximum absolute atomic E-state index is 12.8. The Morgan fingerprint density at radius 1 is 1.13 bits per heavy atom. The molecule has 0 radical (unpaired) electrons. The van der Waals surface area contributed by atoms with Crippen LogP contribution in [0.25, 0.3) is 0 Å². The Morgan fingerprint density at radius 2 is 1.77 bits per heavy atom. The van der Waals surface area contributed by atoms with Crippen molar-refractivity contribution < 1.29 is 17.9 Å². The number of piperidine rings is 1.